The summed E-state index contributed by atoms with van der Waals surface area (Å²) in [6, 6.07) is 1.02. The summed E-state index contributed by atoms with van der Waals surface area (Å²) < 4.78 is 0. The van der Waals surface area contributed by atoms with E-state index in [9.17, 15) is 4.79 Å². The first-order valence-corrected chi connectivity index (χ1v) is 6.58. The normalized spacial score (nSPS) is 28.8. The lowest BCUT2D eigenvalue weighted by Crippen LogP contribution is -2.43. The van der Waals surface area contributed by atoms with Crippen LogP contribution in [-0.2, 0) is 4.79 Å². The van der Waals surface area contributed by atoms with E-state index in [-0.39, 0.29) is 5.91 Å². The summed E-state index contributed by atoms with van der Waals surface area (Å²) in [5.74, 6) is 0.172. The standard InChI is InChI=1S/C13H24N2O/c1-13(2)7-3-4-11(8-13)14-9-12(16)15-10-5-6-10/h10-11,14H,3-9H2,1-2H3,(H,15,16). The molecule has 2 aliphatic rings. The van der Waals surface area contributed by atoms with Crippen molar-refractivity contribution in [3.05, 3.63) is 0 Å². The Morgan fingerprint density at radius 2 is 2.00 bits per heavy atom. The summed E-state index contributed by atoms with van der Waals surface area (Å²) in [6.07, 6.45) is 7.36. The van der Waals surface area contributed by atoms with Crippen LogP contribution in [0.3, 0.4) is 0 Å². The van der Waals surface area contributed by atoms with E-state index in [2.05, 4.69) is 24.5 Å². The zero-order valence-corrected chi connectivity index (χ0v) is 10.5. The highest BCUT2D eigenvalue weighted by molar-refractivity contribution is 5.78. The second-order valence-corrected chi connectivity index (χ2v) is 6.18. The SMILES string of the molecule is CC1(C)CCCC(NCC(=O)NC2CC2)C1. The summed E-state index contributed by atoms with van der Waals surface area (Å²) in [7, 11) is 0. The fourth-order valence-corrected chi connectivity index (χ4v) is 2.62. The van der Waals surface area contributed by atoms with Gasteiger partial charge in [-0.15, -0.1) is 0 Å². The van der Waals surface area contributed by atoms with Crippen molar-refractivity contribution in [1.29, 1.82) is 0 Å². The van der Waals surface area contributed by atoms with Gasteiger partial charge in [0.1, 0.15) is 0 Å². The van der Waals surface area contributed by atoms with Gasteiger partial charge in [-0.2, -0.15) is 0 Å². The van der Waals surface area contributed by atoms with Crippen LogP contribution in [0, 0.1) is 5.41 Å². The van der Waals surface area contributed by atoms with Crippen molar-refractivity contribution in [3.63, 3.8) is 0 Å². The van der Waals surface area contributed by atoms with E-state index < -0.39 is 0 Å². The Bertz CT molecular complexity index is 259. The topological polar surface area (TPSA) is 41.1 Å². The molecule has 2 saturated carbocycles. The monoisotopic (exact) mass is 224 g/mol. The Kier molecular flexibility index (Phi) is 3.53. The van der Waals surface area contributed by atoms with Crippen molar-refractivity contribution >= 4 is 5.91 Å². The Hall–Kier alpha value is -0.570. The van der Waals surface area contributed by atoms with Gasteiger partial charge in [0.15, 0.2) is 0 Å². The van der Waals surface area contributed by atoms with Gasteiger partial charge in [-0.3, -0.25) is 4.79 Å². The average molecular weight is 224 g/mol. The lowest BCUT2D eigenvalue weighted by Gasteiger charge is -2.35. The Morgan fingerprint density at radius 1 is 1.25 bits per heavy atom. The average Bonchev–Trinajstić information content (AvgIpc) is 2.97. The quantitative estimate of drug-likeness (QED) is 0.765. The highest BCUT2D eigenvalue weighted by Crippen LogP contribution is 2.34. The third kappa shape index (κ3) is 3.78. The van der Waals surface area contributed by atoms with Crippen LogP contribution in [0.15, 0.2) is 0 Å². The van der Waals surface area contributed by atoms with Crippen LogP contribution < -0.4 is 10.6 Å². The molecule has 92 valence electrons. The van der Waals surface area contributed by atoms with E-state index in [4.69, 9.17) is 0 Å². The zero-order chi connectivity index (χ0) is 11.6. The molecule has 0 aromatic heterocycles. The van der Waals surface area contributed by atoms with E-state index in [1.807, 2.05) is 0 Å². The summed E-state index contributed by atoms with van der Waals surface area (Å²) in [4.78, 5) is 11.5. The number of carbonyl (C=O) groups is 1. The molecule has 1 amide bonds. The molecular formula is C13H24N2O. The molecule has 1 unspecified atom stereocenters. The fourth-order valence-electron chi connectivity index (χ4n) is 2.62. The number of hydrogen-bond donors (Lipinski definition) is 2. The first-order valence-electron chi connectivity index (χ1n) is 6.58. The maximum Gasteiger partial charge on any atom is 0.234 e. The smallest absolute Gasteiger partial charge is 0.234 e. The van der Waals surface area contributed by atoms with Crippen molar-refractivity contribution in [2.75, 3.05) is 6.54 Å². The van der Waals surface area contributed by atoms with Crippen LogP contribution in [0.2, 0.25) is 0 Å². The van der Waals surface area contributed by atoms with Crippen molar-refractivity contribution in [2.45, 2.75) is 64.5 Å². The molecule has 0 spiro atoms. The minimum atomic E-state index is 0.172. The van der Waals surface area contributed by atoms with Crippen molar-refractivity contribution in [3.8, 4) is 0 Å². The molecule has 1 atom stereocenters. The molecule has 0 aliphatic heterocycles. The van der Waals surface area contributed by atoms with Crippen molar-refractivity contribution in [2.24, 2.45) is 5.41 Å². The number of carbonyl (C=O) groups excluding carboxylic acids is 1. The Balaban J connectivity index is 1.66. The van der Waals surface area contributed by atoms with Gasteiger partial charge in [0.05, 0.1) is 6.54 Å². The molecule has 0 heterocycles. The summed E-state index contributed by atoms with van der Waals surface area (Å²) in [5.41, 5.74) is 0.447. The second-order valence-electron chi connectivity index (χ2n) is 6.18. The molecule has 3 heteroatoms. The van der Waals surface area contributed by atoms with Gasteiger partial charge in [-0.25, -0.2) is 0 Å². The lowest BCUT2D eigenvalue weighted by atomic mass is 9.75. The van der Waals surface area contributed by atoms with E-state index in [0.717, 1.165) is 0 Å². The van der Waals surface area contributed by atoms with Crippen LogP contribution in [-0.4, -0.2) is 24.5 Å². The number of rotatable bonds is 4. The number of amides is 1. The molecule has 2 fully saturated rings. The minimum Gasteiger partial charge on any atom is -0.352 e. The molecule has 16 heavy (non-hydrogen) atoms. The maximum absolute atomic E-state index is 11.5. The van der Waals surface area contributed by atoms with Crippen LogP contribution >= 0.6 is 0 Å². The number of nitrogens with one attached hydrogen (secondary N) is 2. The maximum atomic E-state index is 11.5. The lowest BCUT2D eigenvalue weighted by molar-refractivity contribution is -0.120. The molecular weight excluding hydrogens is 200 g/mol. The van der Waals surface area contributed by atoms with Gasteiger partial charge in [0.2, 0.25) is 5.91 Å². The van der Waals surface area contributed by atoms with Crippen LogP contribution in [0.25, 0.3) is 0 Å². The van der Waals surface area contributed by atoms with E-state index in [1.54, 1.807) is 0 Å². The van der Waals surface area contributed by atoms with Gasteiger partial charge in [-0.1, -0.05) is 20.3 Å². The molecule has 0 bridgehead atoms. The molecule has 0 saturated heterocycles. The Labute approximate surface area is 98.4 Å². The summed E-state index contributed by atoms with van der Waals surface area (Å²) in [6.45, 7) is 5.15. The third-order valence-electron chi connectivity index (χ3n) is 3.70. The molecule has 2 rings (SSSR count). The Morgan fingerprint density at radius 3 is 2.62 bits per heavy atom. The molecule has 2 N–H and O–H groups in total. The zero-order valence-electron chi connectivity index (χ0n) is 10.5. The van der Waals surface area contributed by atoms with Crippen LogP contribution in [0.4, 0.5) is 0 Å². The van der Waals surface area contributed by atoms with Gasteiger partial charge >= 0.3 is 0 Å². The highest BCUT2D eigenvalue weighted by Gasteiger charge is 2.28. The van der Waals surface area contributed by atoms with Gasteiger partial charge in [0.25, 0.3) is 0 Å². The predicted molar refractivity (Wildman–Crippen MR) is 65.2 cm³/mol. The number of hydrogen-bond acceptors (Lipinski definition) is 2. The largest absolute Gasteiger partial charge is 0.352 e. The molecule has 2 aliphatic carbocycles. The van der Waals surface area contributed by atoms with Gasteiger partial charge in [-0.05, 0) is 37.5 Å². The van der Waals surface area contributed by atoms with Gasteiger partial charge in [0, 0.05) is 12.1 Å². The first kappa shape index (κ1) is 11.9. The molecule has 0 aromatic carbocycles. The van der Waals surface area contributed by atoms with E-state index in [0.29, 0.717) is 24.0 Å². The van der Waals surface area contributed by atoms with Crippen LogP contribution in [0.1, 0.15) is 52.4 Å². The second kappa shape index (κ2) is 4.74. The molecule has 0 aromatic rings. The molecule has 0 radical (unpaired) electrons. The van der Waals surface area contributed by atoms with Crippen molar-refractivity contribution in [1.82, 2.24) is 10.6 Å². The van der Waals surface area contributed by atoms with E-state index in [1.165, 1.54) is 38.5 Å². The van der Waals surface area contributed by atoms with Crippen molar-refractivity contribution < 1.29 is 4.79 Å². The molecule has 3 nitrogen and oxygen atoms in total. The third-order valence-corrected chi connectivity index (χ3v) is 3.70. The van der Waals surface area contributed by atoms with Crippen LogP contribution in [0.5, 0.6) is 0 Å². The fraction of sp³-hybridized carbons (Fsp3) is 0.923. The minimum absolute atomic E-state index is 0.172. The predicted octanol–water partition coefficient (Wildman–Crippen LogP) is 1.82. The van der Waals surface area contributed by atoms with Gasteiger partial charge < -0.3 is 10.6 Å². The first-order chi connectivity index (χ1) is 7.55. The summed E-state index contributed by atoms with van der Waals surface area (Å²) in [5, 5.41) is 6.41. The van der Waals surface area contributed by atoms with E-state index >= 15 is 0 Å². The highest BCUT2D eigenvalue weighted by atomic mass is 16.2. The summed E-state index contributed by atoms with van der Waals surface area (Å²) >= 11 is 0.